The third-order valence-corrected chi connectivity index (χ3v) is 8.08. The molecule has 14 heteroatoms. The van der Waals surface area contributed by atoms with Crippen molar-refractivity contribution in [3.8, 4) is 0 Å². The number of hydrogen-bond donors (Lipinski definition) is 2. The summed E-state index contributed by atoms with van der Waals surface area (Å²) in [6.45, 7) is 0.299. The van der Waals surface area contributed by atoms with E-state index < -0.39 is 22.0 Å². The summed E-state index contributed by atoms with van der Waals surface area (Å²) in [4.78, 5) is 22.1. The molecule has 39 heavy (non-hydrogen) atoms. The van der Waals surface area contributed by atoms with Gasteiger partial charge in [-0.15, -0.1) is 11.3 Å². The summed E-state index contributed by atoms with van der Waals surface area (Å²) in [7, 11) is -4.00. The SMILES string of the molecule is NS(=O)(=O)OC[C@@H]1CC[C@H](Nc2ncncc2C(=O)c2cc(Cn3ccc4ccc(C(F)(F)F)cc43)cs2)C1. The van der Waals surface area contributed by atoms with Crippen molar-refractivity contribution in [2.75, 3.05) is 11.9 Å². The predicted molar refractivity (Wildman–Crippen MR) is 140 cm³/mol. The van der Waals surface area contributed by atoms with Crippen molar-refractivity contribution >= 4 is 44.1 Å². The smallest absolute Gasteiger partial charge is 0.367 e. The maximum Gasteiger partial charge on any atom is 0.416 e. The predicted octanol–water partition coefficient (Wildman–Crippen LogP) is 4.59. The molecule has 1 fully saturated rings. The van der Waals surface area contributed by atoms with Crippen molar-refractivity contribution in [1.29, 1.82) is 0 Å². The van der Waals surface area contributed by atoms with Crippen molar-refractivity contribution in [3.05, 3.63) is 76.0 Å². The van der Waals surface area contributed by atoms with Crippen LogP contribution in [0, 0.1) is 5.92 Å². The number of benzene rings is 1. The Labute approximate surface area is 226 Å². The largest absolute Gasteiger partial charge is 0.416 e. The van der Waals surface area contributed by atoms with Gasteiger partial charge in [0.05, 0.1) is 22.6 Å². The summed E-state index contributed by atoms with van der Waals surface area (Å²) in [6.07, 6.45) is 2.15. The number of anilines is 1. The van der Waals surface area contributed by atoms with E-state index in [-0.39, 0.29) is 29.9 Å². The molecule has 0 bridgehead atoms. The minimum Gasteiger partial charge on any atom is -0.367 e. The maximum absolute atomic E-state index is 13.4. The molecule has 3 N–H and O–H groups in total. The molecule has 0 unspecified atom stereocenters. The molecule has 3 aromatic heterocycles. The van der Waals surface area contributed by atoms with Crippen LogP contribution in [0.25, 0.3) is 10.9 Å². The van der Waals surface area contributed by atoms with Crippen molar-refractivity contribution < 1.29 is 30.6 Å². The van der Waals surface area contributed by atoms with Crippen LogP contribution in [0.5, 0.6) is 0 Å². The van der Waals surface area contributed by atoms with Gasteiger partial charge < -0.3 is 9.88 Å². The minimum atomic E-state index is -4.44. The fourth-order valence-electron chi connectivity index (χ4n) is 4.76. The van der Waals surface area contributed by atoms with Crippen LogP contribution in [-0.2, 0) is 27.2 Å². The van der Waals surface area contributed by atoms with Crippen molar-refractivity contribution in [1.82, 2.24) is 14.5 Å². The summed E-state index contributed by atoms with van der Waals surface area (Å²) >= 11 is 1.24. The molecule has 1 aliphatic rings. The van der Waals surface area contributed by atoms with Crippen molar-refractivity contribution in [2.45, 2.75) is 38.0 Å². The fourth-order valence-corrected chi connectivity index (χ4v) is 6.00. The number of fused-ring (bicyclic) bond motifs is 1. The van der Waals surface area contributed by atoms with Gasteiger partial charge in [-0.2, -0.15) is 21.6 Å². The third kappa shape index (κ3) is 6.46. The number of aromatic nitrogens is 3. The van der Waals surface area contributed by atoms with E-state index in [2.05, 4.69) is 15.3 Å². The van der Waals surface area contributed by atoms with Crippen LogP contribution in [0.3, 0.4) is 0 Å². The van der Waals surface area contributed by atoms with Gasteiger partial charge in [-0.1, -0.05) is 6.07 Å². The first-order valence-corrected chi connectivity index (χ1v) is 14.3. The van der Waals surface area contributed by atoms with E-state index >= 15 is 0 Å². The molecular weight excluding hydrogens is 555 g/mol. The minimum absolute atomic E-state index is 0.00124. The molecular formula is C25H24F3N5O4S2. The standard InChI is InChI=1S/C25H24F3N5O4S2/c26-25(27,28)18-3-2-17-5-6-33(21(17)9-18)11-16-8-22(38-13-16)23(34)20-10-30-14-31-24(20)32-19-4-1-15(7-19)12-37-39(29,35)36/h2-3,5-6,8-10,13-15,19H,1,4,7,11-12H2,(H2,29,35,36)(H,30,31,32)/t15-,19+/m1/s1. The van der Waals surface area contributed by atoms with Crippen LogP contribution < -0.4 is 10.5 Å². The normalized spacial score (nSPS) is 18.1. The summed E-state index contributed by atoms with van der Waals surface area (Å²) < 4.78 is 68.1. The van der Waals surface area contributed by atoms with E-state index in [1.165, 1.54) is 29.9 Å². The lowest BCUT2D eigenvalue weighted by molar-refractivity contribution is -0.137. The lowest BCUT2D eigenvalue weighted by Gasteiger charge is -2.15. The Bertz CT molecular complexity index is 1620. The molecule has 1 aromatic carbocycles. The van der Waals surface area contributed by atoms with Crippen LogP contribution >= 0.6 is 11.3 Å². The molecule has 0 radical (unpaired) electrons. The molecule has 1 saturated carbocycles. The average Bonchev–Trinajstić information content (AvgIpc) is 3.62. The van der Waals surface area contributed by atoms with Crippen LogP contribution in [0.2, 0.25) is 0 Å². The lowest BCUT2D eigenvalue weighted by Crippen LogP contribution is -2.22. The number of ketones is 1. The van der Waals surface area contributed by atoms with Crippen LogP contribution in [0.15, 0.2) is 54.4 Å². The Hall–Kier alpha value is -3.33. The summed E-state index contributed by atoms with van der Waals surface area (Å²) in [5.41, 5.74) is 0.802. The Kier molecular flexibility index (Phi) is 7.46. The number of alkyl halides is 3. The molecule has 0 aliphatic heterocycles. The van der Waals surface area contributed by atoms with E-state index in [0.29, 0.717) is 34.6 Å². The van der Waals surface area contributed by atoms with Gasteiger partial charge in [0.15, 0.2) is 0 Å². The first kappa shape index (κ1) is 27.2. The highest BCUT2D eigenvalue weighted by Gasteiger charge is 2.31. The van der Waals surface area contributed by atoms with Crippen molar-refractivity contribution in [2.24, 2.45) is 11.1 Å². The summed E-state index contributed by atoms with van der Waals surface area (Å²) in [5, 5.41) is 10.7. The second kappa shape index (κ2) is 10.7. The molecule has 3 heterocycles. The number of carbonyl (C=O) groups is 1. The molecule has 4 aromatic rings. The number of thiophene rings is 1. The van der Waals surface area contributed by atoms with Crippen LogP contribution in [0.4, 0.5) is 19.0 Å². The van der Waals surface area contributed by atoms with Gasteiger partial charge in [-0.25, -0.2) is 15.1 Å². The zero-order chi connectivity index (χ0) is 27.8. The monoisotopic (exact) mass is 579 g/mol. The third-order valence-electron chi connectivity index (χ3n) is 6.64. The Morgan fingerprint density at radius 3 is 2.82 bits per heavy atom. The van der Waals surface area contributed by atoms with E-state index in [0.717, 1.165) is 30.5 Å². The van der Waals surface area contributed by atoms with E-state index in [1.807, 2.05) is 0 Å². The van der Waals surface area contributed by atoms with Crippen LogP contribution in [0.1, 0.15) is 45.6 Å². The number of nitrogens with zero attached hydrogens (tertiary/aromatic N) is 3. The molecule has 2 atom stereocenters. The zero-order valence-electron chi connectivity index (χ0n) is 20.4. The molecule has 5 rings (SSSR count). The van der Waals surface area contributed by atoms with E-state index in [9.17, 15) is 26.4 Å². The Balaban J connectivity index is 1.29. The first-order chi connectivity index (χ1) is 18.5. The number of rotatable bonds is 9. The highest BCUT2D eigenvalue weighted by Crippen LogP contribution is 2.33. The molecule has 9 nitrogen and oxygen atoms in total. The second-order valence-corrected chi connectivity index (χ2v) is 11.6. The first-order valence-electron chi connectivity index (χ1n) is 12.0. The molecule has 206 valence electrons. The van der Waals surface area contributed by atoms with Gasteiger partial charge >= 0.3 is 16.5 Å². The van der Waals surface area contributed by atoms with E-state index in [4.69, 9.17) is 9.32 Å². The topological polar surface area (TPSA) is 129 Å². The number of nitrogens with one attached hydrogen (secondary N) is 1. The number of carbonyl (C=O) groups excluding carboxylic acids is 1. The van der Waals surface area contributed by atoms with Crippen molar-refractivity contribution in [3.63, 3.8) is 0 Å². The zero-order valence-corrected chi connectivity index (χ0v) is 22.0. The number of nitrogens with two attached hydrogens (primary N) is 1. The Morgan fingerprint density at radius 1 is 1.23 bits per heavy atom. The molecule has 0 amide bonds. The highest BCUT2D eigenvalue weighted by atomic mass is 32.2. The summed E-state index contributed by atoms with van der Waals surface area (Å²) in [6, 6.07) is 7.07. The number of halogens is 3. The molecule has 0 spiro atoms. The van der Waals surface area contributed by atoms with Gasteiger partial charge in [0.25, 0.3) is 0 Å². The van der Waals surface area contributed by atoms with Gasteiger partial charge in [-0.05, 0) is 65.8 Å². The van der Waals surface area contributed by atoms with Gasteiger partial charge in [0, 0.05) is 30.5 Å². The summed E-state index contributed by atoms with van der Waals surface area (Å²) in [5.74, 6) is 0.0934. The molecule has 0 saturated heterocycles. The second-order valence-electron chi connectivity index (χ2n) is 9.45. The molecule has 1 aliphatic carbocycles. The average molecular weight is 580 g/mol. The van der Waals surface area contributed by atoms with Gasteiger partial charge in [-0.3, -0.25) is 8.98 Å². The van der Waals surface area contributed by atoms with E-state index in [1.54, 1.807) is 28.3 Å². The van der Waals surface area contributed by atoms with Gasteiger partial charge in [0.2, 0.25) is 5.78 Å². The quantitative estimate of drug-likeness (QED) is 0.278. The maximum atomic E-state index is 13.4. The number of hydrogen-bond acceptors (Lipinski definition) is 8. The highest BCUT2D eigenvalue weighted by molar-refractivity contribution is 7.84. The lowest BCUT2D eigenvalue weighted by atomic mass is 10.1. The Morgan fingerprint density at radius 2 is 2.05 bits per heavy atom. The fraction of sp³-hybridized carbons (Fsp3) is 0.320. The van der Waals surface area contributed by atoms with Gasteiger partial charge in [0.1, 0.15) is 12.1 Å². The van der Waals surface area contributed by atoms with Crippen LogP contribution in [-0.4, -0.2) is 41.4 Å².